The Hall–Kier alpha value is -1.32. The summed E-state index contributed by atoms with van der Waals surface area (Å²) in [6.07, 6.45) is 10.5. The number of carbonyl (C=O) groups excluding carboxylic acids is 1. The van der Waals surface area contributed by atoms with Crippen LogP contribution < -0.4 is 0 Å². The molecule has 4 heteroatoms. The molecule has 0 aromatic heterocycles. The van der Waals surface area contributed by atoms with Gasteiger partial charge in [-0.2, -0.15) is 0 Å². The zero-order valence-electron chi connectivity index (χ0n) is 14.3. The van der Waals surface area contributed by atoms with Crippen molar-refractivity contribution in [3.63, 3.8) is 0 Å². The summed E-state index contributed by atoms with van der Waals surface area (Å²) in [7, 11) is 0. The minimum Gasteiger partial charge on any atom is -0.337 e. The number of halogens is 1. The van der Waals surface area contributed by atoms with Gasteiger partial charge in [0.25, 0.3) is 5.91 Å². The minimum absolute atomic E-state index is 0.0781. The highest BCUT2D eigenvalue weighted by atomic mass is 35.5. The maximum Gasteiger partial charge on any atom is 0.255 e. The van der Waals surface area contributed by atoms with Crippen LogP contribution in [0.5, 0.6) is 0 Å². The molecule has 1 saturated heterocycles. The molecule has 1 amide bonds. The molecule has 0 bridgehead atoms. The second kappa shape index (κ2) is 8.68. The summed E-state index contributed by atoms with van der Waals surface area (Å²) in [4.78, 5) is 17.5. The molecule has 1 unspecified atom stereocenters. The fourth-order valence-corrected chi connectivity index (χ4v) is 3.90. The molecule has 0 spiro atoms. The zero-order valence-corrected chi connectivity index (χ0v) is 15.0. The van der Waals surface area contributed by atoms with E-state index in [1.807, 2.05) is 23.1 Å². The number of hydrogen-bond donors (Lipinski definition) is 0. The van der Waals surface area contributed by atoms with Gasteiger partial charge in [-0.25, -0.2) is 0 Å². The smallest absolute Gasteiger partial charge is 0.255 e. The van der Waals surface area contributed by atoms with Crippen LogP contribution in [0.4, 0.5) is 0 Å². The molecule has 1 aromatic carbocycles. The second-order valence-electron chi connectivity index (χ2n) is 6.93. The van der Waals surface area contributed by atoms with Gasteiger partial charge in [-0.15, -0.1) is 0 Å². The molecule has 24 heavy (non-hydrogen) atoms. The van der Waals surface area contributed by atoms with Crippen molar-refractivity contribution in [2.75, 3.05) is 32.7 Å². The Balaban J connectivity index is 1.68. The third kappa shape index (κ3) is 4.61. The molecule has 3 nitrogen and oxygen atoms in total. The summed E-state index contributed by atoms with van der Waals surface area (Å²) < 4.78 is 0. The standard InChI is InChI=1S/C20H27ClN2O/c21-19-11-5-4-10-18(19)20(24)23(15-14-22-12-6-7-13-22)16-17-8-2-1-3-9-17/h1-2,4-5,10-11,17H,3,6-9,12-16H2. The average molecular weight is 347 g/mol. The molecule has 3 rings (SSSR count). The number of hydrogen-bond acceptors (Lipinski definition) is 2. The Morgan fingerprint density at radius 1 is 1.21 bits per heavy atom. The highest BCUT2D eigenvalue weighted by Crippen LogP contribution is 2.22. The van der Waals surface area contributed by atoms with Gasteiger partial charge in [0.1, 0.15) is 0 Å². The van der Waals surface area contributed by atoms with Crippen LogP contribution >= 0.6 is 11.6 Å². The minimum atomic E-state index is 0.0781. The highest BCUT2D eigenvalue weighted by molar-refractivity contribution is 6.33. The van der Waals surface area contributed by atoms with Crippen molar-refractivity contribution < 1.29 is 4.79 Å². The van der Waals surface area contributed by atoms with E-state index in [-0.39, 0.29) is 5.91 Å². The number of likely N-dealkylation sites (tertiary alicyclic amines) is 1. The molecule has 1 heterocycles. The number of amides is 1. The lowest BCUT2D eigenvalue weighted by Crippen LogP contribution is -2.41. The van der Waals surface area contributed by atoms with Crippen LogP contribution in [0.15, 0.2) is 36.4 Å². The van der Waals surface area contributed by atoms with Crippen LogP contribution in [-0.2, 0) is 0 Å². The fraction of sp³-hybridized carbons (Fsp3) is 0.550. The third-order valence-corrected chi connectivity index (χ3v) is 5.46. The molecular formula is C20H27ClN2O. The van der Waals surface area contributed by atoms with E-state index in [0.29, 0.717) is 16.5 Å². The summed E-state index contributed by atoms with van der Waals surface area (Å²) in [5.74, 6) is 0.648. The lowest BCUT2D eigenvalue weighted by atomic mass is 9.93. The molecule has 1 atom stereocenters. The molecule has 0 N–H and O–H groups in total. The van der Waals surface area contributed by atoms with E-state index >= 15 is 0 Å². The van der Waals surface area contributed by atoms with Crippen LogP contribution in [0, 0.1) is 5.92 Å². The molecule has 0 saturated carbocycles. The molecule has 1 aliphatic heterocycles. The topological polar surface area (TPSA) is 23.6 Å². The first kappa shape index (κ1) is 17.5. The van der Waals surface area contributed by atoms with E-state index in [1.165, 1.54) is 32.4 Å². The van der Waals surface area contributed by atoms with E-state index in [4.69, 9.17) is 11.6 Å². The van der Waals surface area contributed by atoms with Crippen LogP contribution in [0.25, 0.3) is 0 Å². The van der Waals surface area contributed by atoms with Crippen LogP contribution in [0.1, 0.15) is 42.5 Å². The van der Waals surface area contributed by atoms with Gasteiger partial charge in [-0.3, -0.25) is 4.79 Å². The van der Waals surface area contributed by atoms with Crippen LogP contribution in [0.2, 0.25) is 5.02 Å². The van der Waals surface area contributed by atoms with Gasteiger partial charge in [0.05, 0.1) is 10.6 Å². The molecule has 0 radical (unpaired) electrons. The first-order valence-electron chi connectivity index (χ1n) is 9.15. The molecule has 1 fully saturated rings. The number of nitrogens with zero attached hydrogens (tertiary/aromatic N) is 2. The normalized spacial score (nSPS) is 21.1. The third-order valence-electron chi connectivity index (χ3n) is 5.13. The van der Waals surface area contributed by atoms with E-state index in [9.17, 15) is 4.79 Å². The second-order valence-corrected chi connectivity index (χ2v) is 7.34. The number of allylic oxidation sites excluding steroid dienone is 2. The monoisotopic (exact) mass is 346 g/mol. The van der Waals surface area contributed by atoms with Gasteiger partial charge >= 0.3 is 0 Å². The molecule has 2 aliphatic rings. The van der Waals surface area contributed by atoms with Crippen molar-refractivity contribution >= 4 is 17.5 Å². The van der Waals surface area contributed by atoms with E-state index < -0.39 is 0 Å². The largest absolute Gasteiger partial charge is 0.337 e. The van der Waals surface area contributed by atoms with Gasteiger partial charge < -0.3 is 9.80 Å². The predicted octanol–water partition coefficient (Wildman–Crippen LogP) is 4.23. The van der Waals surface area contributed by atoms with Crippen LogP contribution in [-0.4, -0.2) is 48.4 Å². The van der Waals surface area contributed by atoms with Crippen LogP contribution in [0.3, 0.4) is 0 Å². The number of carbonyl (C=O) groups is 1. The van der Waals surface area contributed by atoms with Gasteiger partial charge in [0, 0.05) is 19.6 Å². The highest BCUT2D eigenvalue weighted by Gasteiger charge is 2.23. The fourth-order valence-electron chi connectivity index (χ4n) is 3.68. The van der Waals surface area contributed by atoms with Crippen molar-refractivity contribution in [3.8, 4) is 0 Å². The zero-order chi connectivity index (χ0) is 16.8. The van der Waals surface area contributed by atoms with Gasteiger partial charge in [-0.05, 0) is 63.2 Å². The van der Waals surface area contributed by atoms with Crippen molar-refractivity contribution in [2.45, 2.75) is 32.1 Å². The van der Waals surface area contributed by atoms with Gasteiger partial charge in [0.15, 0.2) is 0 Å². The van der Waals surface area contributed by atoms with Gasteiger partial charge in [0.2, 0.25) is 0 Å². The lowest BCUT2D eigenvalue weighted by Gasteiger charge is -2.30. The first-order chi connectivity index (χ1) is 11.7. The van der Waals surface area contributed by atoms with Gasteiger partial charge in [-0.1, -0.05) is 35.9 Å². The average Bonchev–Trinajstić information content (AvgIpc) is 3.13. The molecular weight excluding hydrogens is 320 g/mol. The van der Waals surface area contributed by atoms with Crippen molar-refractivity contribution in [2.24, 2.45) is 5.92 Å². The quantitative estimate of drug-likeness (QED) is 0.719. The number of rotatable bonds is 6. The maximum absolute atomic E-state index is 13.0. The summed E-state index contributed by atoms with van der Waals surface area (Å²) >= 11 is 6.26. The molecule has 1 aliphatic carbocycles. The summed E-state index contributed by atoms with van der Waals surface area (Å²) in [6, 6.07) is 7.41. The van der Waals surface area contributed by atoms with E-state index in [2.05, 4.69) is 17.1 Å². The lowest BCUT2D eigenvalue weighted by molar-refractivity contribution is 0.0707. The predicted molar refractivity (Wildman–Crippen MR) is 99.5 cm³/mol. The Morgan fingerprint density at radius 3 is 2.71 bits per heavy atom. The summed E-state index contributed by atoms with van der Waals surface area (Å²) in [6.45, 7) is 4.94. The van der Waals surface area contributed by atoms with E-state index in [0.717, 1.165) is 32.5 Å². The Bertz CT molecular complexity index is 581. The Kier molecular flexibility index (Phi) is 6.33. The van der Waals surface area contributed by atoms with Crippen molar-refractivity contribution in [1.82, 2.24) is 9.80 Å². The Morgan fingerprint density at radius 2 is 2.00 bits per heavy atom. The molecule has 130 valence electrons. The molecule has 1 aromatic rings. The SMILES string of the molecule is O=C(c1ccccc1Cl)N(CCN1CCCC1)CC1CC=CCC1. The van der Waals surface area contributed by atoms with Crippen molar-refractivity contribution in [3.05, 3.63) is 47.0 Å². The summed E-state index contributed by atoms with van der Waals surface area (Å²) in [5, 5.41) is 0.553. The maximum atomic E-state index is 13.0. The Labute approximate surface area is 150 Å². The van der Waals surface area contributed by atoms with E-state index in [1.54, 1.807) is 6.07 Å². The summed E-state index contributed by atoms with van der Waals surface area (Å²) in [5.41, 5.74) is 0.631. The first-order valence-corrected chi connectivity index (χ1v) is 9.53. The number of benzene rings is 1. The van der Waals surface area contributed by atoms with Crippen molar-refractivity contribution in [1.29, 1.82) is 0 Å².